The van der Waals surface area contributed by atoms with Crippen LogP contribution in [0.3, 0.4) is 0 Å². The highest BCUT2D eigenvalue weighted by molar-refractivity contribution is 7.98. The molecule has 0 aliphatic rings. The van der Waals surface area contributed by atoms with Crippen LogP contribution in [0.4, 0.5) is 0 Å². The number of thioether (sulfide) groups is 1. The first-order valence-electron chi connectivity index (χ1n) is 8.23. The summed E-state index contributed by atoms with van der Waals surface area (Å²) >= 11 is 13.9. The summed E-state index contributed by atoms with van der Waals surface area (Å²) in [4.78, 5) is 3.19. The minimum atomic E-state index is -0.769. The van der Waals surface area contributed by atoms with Gasteiger partial charge in [0.05, 0.1) is 5.60 Å². The van der Waals surface area contributed by atoms with Gasteiger partial charge in [-0.05, 0) is 56.4 Å². The third kappa shape index (κ3) is 5.90. The van der Waals surface area contributed by atoms with Crippen molar-refractivity contribution in [3.63, 3.8) is 0 Å². The van der Waals surface area contributed by atoms with Crippen molar-refractivity contribution >= 4 is 35.0 Å². The van der Waals surface area contributed by atoms with Crippen LogP contribution in [0.5, 0.6) is 0 Å². The van der Waals surface area contributed by atoms with Crippen molar-refractivity contribution in [2.24, 2.45) is 0 Å². The molecule has 0 saturated carbocycles. The fourth-order valence-corrected chi connectivity index (χ4v) is 4.25. The molecule has 2 unspecified atom stereocenters. The smallest absolute Gasteiger partial charge is 0.0811 e. The van der Waals surface area contributed by atoms with Gasteiger partial charge >= 0.3 is 0 Å². The summed E-state index contributed by atoms with van der Waals surface area (Å²) < 4.78 is 0. The highest BCUT2D eigenvalue weighted by atomic mass is 35.5. The van der Waals surface area contributed by atoms with Crippen LogP contribution in [0.15, 0.2) is 47.4 Å². The summed E-state index contributed by atoms with van der Waals surface area (Å²) in [5.41, 5.74) is 1.44. The molecule has 1 N–H and O–H groups in total. The van der Waals surface area contributed by atoms with Crippen LogP contribution in [0, 0.1) is 0 Å². The molecule has 5 heteroatoms. The maximum atomic E-state index is 10.7. The van der Waals surface area contributed by atoms with E-state index in [0.29, 0.717) is 16.6 Å². The molecular weight excluding hydrogens is 373 g/mol. The fourth-order valence-electron chi connectivity index (χ4n) is 2.79. The minimum absolute atomic E-state index is 0.0552. The Bertz CT molecular complexity index is 701. The molecule has 2 aromatic carbocycles. The van der Waals surface area contributed by atoms with Gasteiger partial charge < -0.3 is 10.0 Å². The Morgan fingerprint density at radius 3 is 2.32 bits per heavy atom. The second-order valence-electron chi connectivity index (χ2n) is 6.91. The number of halogens is 2. The number of rotatable bonds is 7. The van der Waals surface area contributed by atoms with Crippen molar-refractivity contribution in [3.8, 4) is 0 Å². The van der Waals surface area contributed by atoms with E-state index in [0.717, 1.165) is 16.9 Å². The quantitative estimate of drug-likeness (QED) is 0.605. The standard InChI is InChI=1S/C20H25Cl2NOS/c1-14(20(2,24)13-23(3)4)15-6-9-18(10-7-15)25-12-16-5-8-17(21)11-19(16)22/h5-11,14,24H,12-13H2,1-4H3. The number of hydrogen-bond donors (Lipinski definition) is 1. The van der Waals surface area contributed by atoms with Crippen molar-refractivity contribution in [2.75, 3.05) is 20.6 Å². The molecule has 0 aliphatic carbocycles. The zero-order valence-corrected chi connectivity index (χ0v) is 17.4. The molecule has 0 aromatic heterocycles. The highest BCUT2D eigenvalue weighted by Crippen LogP contribution is 2.32. The maximum Gasteiger partial charge on any atom is 0.0811 e. The van der Waals surface area contributed by atoms with Gasteiger partial charge in [-0.25, -0.2) is 0 Å². The van der Waals surface area contributed by atoms with E-state index in [1.807, 2.05) is 38.1 Å². The Morgan fingerprint density at radius 2 is 1.76 bits per heavy atom. The summed E-state index contributed by atoms with van der Waals surface area (Å²) in [6.07, 6.45) is 0. The first kappa shape index (κ1) is 20.6. The number of hydrogen-bond acceptors (Lipinski definition) is 3. The van der Waals surface area contributed by atoms with Crippen molar-refractivity contribution in [1.29, 1.82) is 0 Å². The van der Waals surface area contributed by atoms with E-state index in [2.05, 4.69) is 31.2 Å². The van der Waals surface area contributed by atoms with Crippen LogP contribution < -0.4 is 0 Å². The minimum Gasteiger partial charge on any atom is -0.388 e. The van der Waals surface area contributed by atoms with Crippen LogP contribution in [0.2, 0.25) is 10.0 Å². The van der Waals surface area contributed by atoms with E-state index in [9.17, 15) is 5.11 Å². The van der Waals surface area contributed by atoms with Gasteiger partial charge in [0, 0.05) is 33.2 Å². The van der Waals surface area contributed by atoms with E-state index in [1.54, 1.807) is 17.8 Å². The normalized spacial score (nSPS) is 15.2. The van der Waals surface area contributed by atoms with Crippen LogP contribution in [0.1, 0.15) is 30.9 Å². The van der Waals surface area contributed by atoms with Crippen LogP contribution in [-0.4, -0.2) is 36.2 Å². The lowest BCUT2D eigenvalue weighted by Crippen LogP contribution is -2.41. The third-order valence-electron chi connectivity index (χ3n) is 4.36. The molecule has 0 fully saturated rings. The molecular formula is C20H25Cl2NOS. The average Bonchev–Trinajstić information content (AvgIpc) is 2.52. The largest absolute Gasteiger partial charge is 0.388 e. The summed E-state index contributed by atoms with van der Waals surface area (Å²) in [6, 6.07) is 14.0. The molecule has 0 aliphatic heterocycles. The molecule has 0 amide bonds. The number of nitrogens with zero attached hydrogens (tertiary/aromatic N) is 1. The molecule has 2 nitrogen and oxygen atoms in total. The second kappa shape index (κ2) is 8.79. The van der Waals surface area contributed by atoms with Crippen LogP contribution in [-0.2, 0) is 5.75 Å². The lowest BCUT2D eigenvalue weighted by atomic mass is 9.84. The van der Waals surface area contributed by atoms with Gasteiger partial charge in [-0.3, -0.25) is 0 Å². The van der Waals surface area contributed by atoms with E-state index in [1.165, 1.54) is 4.90 Å². The molecule has 2 atom stereocenters. The molecule has 0 spiro atoms. The van der Waals surface area contributed by atoms with Crippen molar-refractivity contribution in [3.05, 3.63) is 63.6 Å². The Labute approximate surface area is 165 Å². The van der Waals surface area contributed by atoms with E-state index >= 15 is 0 Å². The summed E-state index contributed by atoms with van der Waals surface area (Å²) in [5.74, 6) is 0.850. The summed E-state index contributed by atoms with van der Waals surface area (Å²) in [6.45, 7) is 4.59. The van der Waals surface area contributed by atoms with Crippen molar-refractivity contribution in [1.82, 2.24) is 4.90 Å². The van der Waals surface area contributed by atoms with Gasteiger partial charge in [-0.2, -0.15) is 0 Å². The molecule has 0 bridgehead atoms. The van der Waals surface area contributed by atoms with Gasteiger partial charge in [0.15, 0.2) is 0 Å². The lowest BCUT2D eigenvalue weighted by molar-refractivity contribution is 0.0123. The predicted molar refractivity (Wildman–Crippen MR) is 110 cm³/mol. The summed E-state index contributed by atoms with van der Waals surface area (Å²) in [7, 11) is 3.95. The fraction of sp³-hybridized carbons (Fsp3) is 0.400. The number of benzene rings is 2. The second-order valence-corrected chi connectivity index (χ2v) is 8.80. The molecule has 0 radical (unpaired) electrons. The molecule has 136 valence electrons. The monoisotopic (exact) mass is 397 g/mol. The zero-order valence-electron chi connectivity index (χ0n) is 15.1. The first-order valence-corrected chi connectivity index (χ1v) is 9.97. The number of aliphatic hydroxyl groups is 1. The Balaban J connectivity index is 2.02. The van der Waals surface area contributed by atoms with Crippen molar-refractivity contribution in [2.45, 2.75) is 36.0 Å². The average molecular weight is 398 g/mol. The Hall–Kier alpha value is -0.710. The van der Waals surface area contributed by atoms with Gasteiger partial charge in [0.1, 0.15) is 0 Å². The highest BCUT2D eigenvalue weighted by Gasteiger charge is 2.30. The Kier molecular flexibility index (Phi) is 7.24. The predicted octanol–water partition coefficient (Wildman–Crippen LogP) is 5.70. The van der Waals surface area contributed by atoms with Gasteiger partial charge in [0.2, 0.25) is 0 Å². The summed E-state index contributed by atoms with van der Waals surface area (Å²) in [5, 5.41) is 12.1. The SMILES string of the molecule is CC(c1ccc(SCc2ccc(Cl)cc2Cl)cc1)C(C)(O)CN(C)C. The van der Waals surface area contributed by atoms with Crippen LogP contribution in [0.25, 0.3) is 0 Å². The van der Waals surface area contributed by atoms with Gasteiger partial charge in [0.25, 0.3) is 0 Å². The molecule has 0 heterocycles. The van der Waals surface area contributed by atoms with Gasteiger partial charge in [-0.1, -0.05) is 48.3 Å². The topological polar surface area (TPSA) is 23.5 Å². The zero-order chi connectivity index (χ0) is 18.6. The number of likely N-dealkylation sites (N-methyl/N-ethyl adjacent to an activating group) is 1. The van der Waals surface area contributed by atoms with Gasteiger partial charge in [-0.15, -0.1) is 11.8 Å². The lowest BCUT2D eigenvalue weighted by Gasteiger charge is -2.33. The molecule has 2 rings (SSSR count). The molecule has 0 saturated heterocycles. The van der Waals surface area contributed by atoms with E-state index in [-0.39, 0.29) is 5.92 Å². The maximum absolute atomic E-state index is 10.7. The first-order chi connectivity index (χ1) is 11.7. The van der Waals surface area contributed by atoms with Crippen LogP contribution >= 0.6 is 35.0 Å². The molecule has 25 heavy (non-hydrogen) atoms. The van der Waals surface area contributed by atoms with E-state index in [4.69, 9.17) is 23.2 Å². The Morgan fingerprint density at radius 1 is 1.12 bits per heavy atom. The van der Waals surface area contributed by atoms with Crippen molar-refractivity contribution < 1.29 is 5.11 Å². The van der Waals surface area contributed by atoms with E-state index < -0.39 is 5.60 Å². The molecule has 2 aromatic rings. The third-order valence-corrected chi connectivity index (χ3v) is 6.01.